The number of fused-ring (bicyclic) bond motifs is 7. The molecule has 0 amide bonds. The Balaban J connectivity index is 1.36. The van der Waals surface area contributed by atoms with Crippen molar-refractivity contribution in [1.29, 1.82) is 0 Å². The van der Waals surface area contributed by atoms with Crippen molar-refractivity contribution >= 4 is 21.5 Å². The molecule has 0 radical (unpaired) electrons. The number of ether oxygens (including phenoxy) is 6. The van der Waals surface area contributed by atoms with Gasteiger partial charge in [-0.15, -0.1) is 12.8 Å². The molecule has 0 N–H and O–H groups in total. The summed E-state index contributed by atoms with van der Waals surface area (Å²) in [6.45, 7) is 8.81. The minimum absolute atomic E-state index is 0.325. The van der Waals surface area contributed by atoms with Crippen molar-refractivity contribution in [3.05, 3.63) is 119 Å². The van der Waals surface area contributed by atoms with Gasteiger partial charge in [0, 0.05) is 33.4 Å². The van der Waals surface area contributed by atoms with Gasteiger partial charge in [0.25, 0.3) is 0 Å². The molecule has 0 spiro atoms. The van der Waals surface area contributed by atoms with Crippen molar-refractivity contribution < 1.29 is 28.4 Å². The smallest absolute Gasteiger partial charge is 0.135 e. The van der Waals surface area contributed by atoms with Gasteiger partial charge in [-0.25, -0.2) is 0 Å². The number of unbranched alkanes of at least 4 members (excludes halogenated alkanes) is 18. The summed E-state index contributed by atoms with van der Waals surface area (Å²) in [6.07, 6.45) is 40.2. The summed E-state index contributed by atoms with van der Waals surface area (Å²) in [5.74, 6) is 7.20. The van der Waals surface area contributed by atoms with Gasteiger partial charge in [-0.1, -0.05) is 202 Å². The van der Waals surface area contributed by atoms with Crippen LogP contribution in [0.1, 0.15) is 165 Å². The van der Waals surface area contributed by atoms with E-state index >= 15 is 0 Å². The molecule has 0 saturated heterocycles. The zero-order valence-electron chi connectivity index (χ0n) is 46.5. The largest absolute Gasteiger partial charge is 0.490 e. The lowest BCUT2D eigenvalue weighted by Crippen LogP contribution is -2.15. The minimum atomic E-state index is 0.325. The monoisotopic (exact) mass is 1020 g/mol. The van der Waals surface area contributed by atoms with Gasteiger partial charge in [0.05, 0.1) is 52.9 Å². The first-order valence-electron chi connectivity index (χ1n) is 29.5. The van der Waals surface area contributed by atoms with E-state index in [9.17, 15) is 0 Å². The van der Waals surface area contributed by atoms with Crippen LogP contribution in [0.2, 0.25) is 0 Å². The maximum Gasteiger partial charge on any atom is 0.135 e. The molecule has 0 bridgehead atoms. The molecule has 0 unspecified atom stereocenters. The maximum absolute atomic E-state index is 7.18. The van der Waals surface area contributed by atoms with E-state index in [4.69, 9.17) is 41.3 Å². The molecule has 76 heavy (non-hydrogen) atoms. The highest BCUT2D eigenvalue weighted by atomic mass is 16.6. The molecule has 6 nitrogen and oxygen atoms in total. The van der Waals surface area contributed by atoms with Gasteiger partial charge < -0.3 is 28.4 Å². The van der Waals surface area contributed by atoms with Crippen molar-refractivity contribution in [1.82, 2.24) is 0 Å². The van der Waals surface area contributed by atoms with Crippen LogP contribution in [0.25, 0.3) is 54.9 Å². The summed E-state index contributed by atoms with van der Waals surface area (Å²) >= 11 is 0. The van der Waals surface area contributed by atoms with E-state index in [0.717, 1.165) is 90.4 Å². The molecular formula is C70H88O6. The maximum atomic E-state index is 7.18. The molecule has 0 atom stereocenters. The fourth-order valence-corrected chi connectivity index (χ4v) is 10.7. The van der Waals surface area contributed by atoms with Crippen LogP contribution in [0.15, 0.2) is 97.1 Å². The standard InChI is InChI=1S/C70H88O6/c1-5-9-11-13-15-17-19-21-23-25-27-57-33-39-63-61(51-57)53-65(59-35-29-55(7-3)30-36-59)69-67(63)68-64-40-34-58(28-26-24-22-20-18-16-14-12-10-6-2)52-62(64)54-66(60-37-31-56(8-4)32-38-60)70(68)76-50-48-74-46-44-72-42-41-71-43-45-73-47-49-75-69/h3-4,29-40,51-54H,5-6,9-28,41-50H2,1-2H3. The highest BCUT2D eigenvalue weighted by Gasteiger charge is 2.26. The van der Waals surface area contributed by atoms with Crippen molar-refractivity contribution in [2.75, 3.05) is 66.1 Å². The predicted octanol–water partition coefficient (Wildman–Crippen LogP) is 17.7. The number of terminal acetylenes is 2. The first-order chi connectivity index (χ1) is 37.6. The molecule has 6 aromatic carbocycles. The lowest BCUT2D eigenvalue weighted by Gasteiger charge is -2.25. The van der Waals surface area contributed by atoms with Gasteiger partial charge in [-0.3, -0.25) is 0 Å². The molecule has 0 fully saturated rings. The highest BCUT2D eigenvalue weighted by molar-refractivity contribution is 6.14. The molecule has 1 aliphatic heterocycles. The van der Waals surface area contributed by atoms with Crippen LogP contribution in [0.3, 0.4) is 0 Å². The number of rotatable bonds is 24. The number of aryl methyl sites for hydroxylation is 2. The first-order valence-corrected chi connectivity index (χ1v) is 29.5. The Morgan fingerprint density at radius 3 is 1.00 bits per heavy atom. The summed E-state index contributed by atoms with van der Waals surface area (Å²) in [7, 11) is 0. The third-order valence-corrected chi connectivity index (χ3v) is 15.0. The van der Waals surface area contributed by atoms with Gasteiger partial charge in [-0.2, -0.15) is 0 Å². The summed E-state index contributed by atoms with van der Waals surface area (Å²) in [5.41, 5.74) is 10.3. The number of hydrogen-bond acceptors (Lipinski definition) is 6. The first kappa shape index (κ1) is 58.1. The number of benzene rings is 6. The van der Waals surface area contributed by atoms with Crippen molar-refractivity contribution in [3.63, 3.8) is 0 Å². The molecule has 1 heterocycles. The van der Waals surface area contributed by atoms with E-state index in [1.807, 2.05) is 24.3 Å². The molecule has 6 aromatic rings. The van der Waals surface area contributed by atoms with Crippen LogP contribution < -0.4 is 9.47 Å². The Bertz CT molecular complexity index is 2530. The Morgan fingerprint density at radius 1 is 0.355 bits per heavy atom. The lowest BCUT2D eigenvalue weighted by atomic mass is 9.85. The molecule has 6 heteroatoms. The van der Waals surface area contributed by atoms with Gasteiger partial charge in [0.2, 0.25) is 0 Å². The zero-order chi connectivity index (χ0) is 52.8. The topological polar surface area (TPSA) is 55.4 Å². The third-order valence-electron chi connectivity index (χ3n) is 15.0. The van der Waals surface area contributed by atoms with Crippen molar-refractivity contribution in [2.24, 2.45) is 0 Å². The minimum Gasteiger partial charge on any atom is -0.490 e. The third kappa shape index (κ3) is 18.0. The fraction of sp³-hybridized carbons (Fsp3) is 0.486. The van der Waals surface area contributed by atoms with Crippen LogP contribution in [-0.4, -0.2) is 66.1 Å². The van der Waals surface area contributed by atoms with Crippen LogP contribution in [-0.2, 0) is 31.8 Å². The summed E-state index contributed by atoms with van der Waals surface area (Å²) in [5, 5.41) is 4.48. The van der Waals surface area contributed by atoms with E-state index in [1.165, 1.54) is 140 Å². The van der Waals surface area contributed by atoms with Crippen LogP contribution in [0, 0.1) is 24.7 Å². The van der Waals surface area contributed by atoms with Gasteiger partial charge >= 0.3 is 0 Å². The lowest BCUT2D eigenvalue weighted by molar-refractivity contribution is -0.00701. The second-order valence-electron chi connectivity index (χ2n) is 20.8. The van der Waals surface area contributed by atoms with Crippen molar-refractivity contribution in [3.8, 4) is 69.6 Å². The fourth-order valence-electron chi connectivity index (χ4n) is 10.7. The van der Waals surface area contributed by atoms with E-state index in [-0.39, 0.29) is 0 Å². The molecule has 0 aliphatic carbocycles. The average molecular weight is 1030 g/mol. The number of hydrogen-bond donors (Lipinski definition) is 0. The van der Waals surface area contributed by atoms with Crippen LogP contribution in [0.5, 0.6) is 11.5 Å². The van der Waals surface area contributed by atoms with E-state index < -0.39 is 0 Å². The molecule has 7 rings (SSSR count). The molecule has 0 aromatic heterocycles. The summed E-state index contributed by atoms with van der Waals surface area (Å²) < 4.78 is 38.3. The van der Waals surface area contributed by atoms with Crippen LogP contribution >= 0.6 is 0 Å². The van der Waals surface area contributed by atoms with Gasteiger partial charge in [0.1, 0.15) is 24.7 Å². The summed E-state index contributed by atoms with van der Waals surface area (Å²) in [6, 6.07) is 35.4. The molecular weight excluding hydrogens is 937 g/mol. The molecule has 1 aliphatic rings. The Morgan fingerprint density at radius 2 is 0.671 bits per heavy atom. The molecule has 0 saturated carbocycles. The van der Waals surface area contributed by atoms with Gasteiger partial charge in [-0.05, 0) is 106 Å². The summed E-state index contributed by atoms with van der Waals surface area (Å²) in [4.78, 5) is 0. The van der Waals surface area contributed by atoms with Gasteiger partial charge in [0.15, 0.2) is 0 Å². The second kappa shape index (κ2) is 33.5. The highest BCUT2D eigenvalue weighted by Crippen LogP contribution is 2.53. The second-order valence-corrected chi connectivity index (χ2v) is 20.8. The Labute approximate surface area is 458 Å². The SMILES string of the molecule is C#Cc1ccc(-c2cc3cc(CCCCCCCCCCCC)ccc3c3c2OCCOCCOCCOCCOCCOc2c(-c4ccc(C#C)cc4)cc4cc(CCCCCCCCCCCC)ccc4c2-3)cc1. The van der Waals surface area contributed by atoms with Crippen LogP contribution in [0.4, 0.5) is 0 Å². The average Bonchev–Trinajstić information content (AvgIpc) is 3.53. The van der Waals surface area contributed by atoms with E-state index in [0.29, 0.717) is 66.1 Å². The van der Waals surface area contributed by atoms with Crippen molar-refractivity contribution in [2.45, 2.75) is 155 Å². The normalized spacial score (nSPS) is 14.0. The molecule has 404 valence electrons. The predicted molar refractivity (Wildman–Crippen MR) is 319 cm³/mol. The van der Waals surface area contributed by atoms with E-state index in [1.54, 1.807) is 0 Å². The zero-order valence-corrected chi connectivity index (χ0v) is 46.5. The Hall–Kier alpha value is -5.60. The quantitative estimate of drug-likeness (QED) is 0.0445. The van der Waals surface area contributed by atoms with E-state index in [2.05, 4.69) is 98.5 Å². The Kier molecular flexibility index (Phi) is 25.6.